The maximum absolute atomic E-state index is 13.1. The number of nitrogens with zero attached hydrogens (tertiary/aromatic N) is 1. The number of hydrogen-bond donors (Lipinski definition) is 3. The van der Waals surface area contributed by atoms with E-state index in [0.717, 1.165) is 26.3 Å². The van der Waals surface area contributed by atoms with Gasteiger partial charge in [0.05, 0.1) is 11.3 Å². The van der Waals surface area contributed by atoms with Gasteiger partial charge in [-0.15, -0.1) is 0 Å². The van der Waals surface area contributed by atoms with Crippen LogP contribution in [0, 0.1) is 6.92 Å². The first kappa shape index (κ1) is 22.0. The highest BCUT2D eigenvalue weighted by Crippen LogP contribution is 2.22. The van der Waals surface area contributed by atoms with Gasteiger partial charge in [-0.05, 0) is 37.1 Å². The number of nitrogens with one attached hydrogen (secondary N) is 3. The number of piperazine rings is 1. The number of carbonyl (C=O) groups is 2. The van der Waals surface area contributed by atoms with E-state index < -0.39 is 22.0 Å². The van der Waals surface area contributed by atoms with Gasteiger partial charge in [0.1, 0.15) is 6.04 Å². The third-order valence-corrected chi connectivity index (χ3v) is 7.60. The van der Waals surface area contributed by atoms with Crippen LogP contribution in [0.2, 0.25) is 0 Å². The van der Waals surface area contributed by atoms with Crippen molar-refractivity contribution in [3.63, 3.8) is 0 Å². The average Bonchev–Trinajstić information content (AvgIpc) is 3.18. The SMILES string of the molecule is Cc1ccc(S(=O)(=O)N2CCNC(=O)[C@@H]2CC(=O)NCCc2c[nH]c3ccccc23)cc1. The van der Waals surface area contributed by atoms with Crippen molar-refractivity contribution in [2.24, 2.45) is 0 Å². The minimum absolute atomic E-state index is 0.113. The minimum atomic E-state index is -3.90. The van der Waals surface area contributed by atoms with Gasteiger partial charge >= 0.3 is 0 Å². The number of rotatable bonds is 7. The van der Waals surface area contributed by atoms with E-state index in [-0.39, 0.29) is 30.3 Å². The molecular weight excluding hydrogens is 428 g/mol. The highest BCUT2D eigenvalue weighted by molar-refractivity contribution is 7.89. The molecule has 2 aromatic carbocycles. The van der Waals surface area contributed by atoms with Gasteiger partial charge in [0.25, 0.3) is 0 Å². The van der Waals surface area contributed by atoms with Crippen molar-refractivity contribution in [3.8, 4) is 0 Å². The molecule has 4 rings (SSSR count). The van der Waals surface area contributed by atoms with E-state index in [1.54, 1.807) is 12.1 Å². The summed E-state index contributed by atoms with van der Waals surface area (Å²) in [5, 5.41) is 6.59. The summed E-state index contributed by atoms with van der Waals surface area (Å²) in [6.45, 7) is 2.59. The van der Waals surface area contributed by atoms with Crippen LogP contribution in [-0.2, 0) is 26.0 Å². The molecule has 1 atom stereocenters. The number of fused-ring (bicyclic) bond motifs is 1. The molecule has 0 spiro atoms. The normalized spacial score (nSPS) is 17.3. The summed E-state index contributed by atoms with van der Waals surface area (Å²) in [7, 11) is -3.90. The summed E-state index contributed by atoms with van der Waals surface area (Å²) < 4.78 is 27.4. The predicted octanol–water partition coefficient (Wildman–Crippen LogP) is 1.71. The van der Waals surface area contributed by atoms with Gasteiger partial charge in [0.15, 0.2) is 0 Å². The lowest BCUT2D eigenvalue weighted by Gasteiger charge is -2.33. The first-order valence-electron chi connectivity index (χ1n) is 10.5. The molecule has 1 fully saturated rings. The largest absolute Gasteiger partial charge is 0.361 e. The molecule has 0 bridgehead atoms. The molecule has 2 heterocycles. The van der Waals surface area contributed by atoms with Crippen LogP contribution in [0.5, 0.6) is 0 Å². The smallest absolute Gasteiger partial charge is 0.243 e. The Morgan fingerprint density at radius 2 is 1.91 bits per heavy atom. The number of amides is 2. The zero-order chi connectivity index (χ0) is 22.7. The molecule has 0 saturated carbocycles. The van der Waals surface area contributed by atoms with Crippen LogP contribution in [-0.4, -0.2) is 55.2 Å². The predicted molar refractivity (Wildman–Crippen MR) is 121 cm³/mol. The number of aromatic amines is 1. The van der Waals surface area contributed by atoms with Crippen molar-refractivity contribution < 1.29 is 18.0 Å². The first-order chi connectivity index (χ1) is 15.4. The second kappa shape index (κ2) is 9.13. The number of aromatic nitrogens is 1. The lowest BCUT2D eigenvalue weighted by Crippen LogP contribution is -2.58. The van der Waals surface area contributed by atoms with Crippen LogP contribution in [0.25, 0.3) is 10.9 Å². The van der Waals surface area contributed by atoms with E-state index >= 15 is 0 Å². The van der Waals surface area contributed by atoms with Crippen molar-refractivity contribution in [2.75, 3.05) is 19.6 Å². The lowest BCUT2D eigenvalue weighted by atomic mass is 10.1. The molecule has 168 valence electrons. The fourth-order valence-electron chi connectivity index (χ4n) is 3.94. The summed E-state index contributed by atoms with van der Waals surface area (Å²) in [5.74, 6) is -0.824. The Bertz CT molecular complexity index is 1230. The third kappa shape index (κ3) is 4.53. The van der Waals surface area contributed by atoms with E-state index in [4.69, 9.17) is 0 Å². The Morgan fingerprint density at radius 1 is 1.16 bits per heavy atom. The van der Waals surface area contributed by atoms with Crippen LogP contribution in [0.1, 0.15) is 17.5 Å². The molecule has 3 N–H and O–H groups in total. The number of aryl methyl sites for hydroxylation is 1. The summed E-state index contributed by atoms with van der Waals surface area (Å²) in [5.41, 5.74) is 3.05. The lowest BCUT2D eigenvalue weighted by molar-refractivity contribution is -0.131. The van der Waals surface area contributed by atoms with E-state index in [0.29, 0.717) is 13.0 Å². The highest BCUT2D eigenvalue weighted by Gasteiger charge is 2.39. The topological polar surface area (TPSA) is 111 Å². The molecule has 1 aromatic heterocycles. The number of para-hydroxylation sites is 1. The van der Waals surface area contributed by atoms with Gasteiger partial charge in [-0.25, -0.2) is 8.42 Å². The molecule has 0 unspecified atom stereocenters. The van der Waals surface area contributed by atoms with Crippen molar-refractivity contribution in [1.82, 2.24) is 19.9 Å². The van der Waals surface area contributed by atoms with E-state index in [2.05, 4.69) is 15.6 Å². The van der Waals surface area contributed by atoms with E-state index in [9.17, 15) is 18.0 Å². The summed E-state index contributed by atoms with van der Waals surface area (Å²) in [6, 6.07) is 13.3. The zero-order valence-electron chi connectivity index (χ0n) is 17.8. The van der Waals surface area contributed by atoms with Crippen molar-refractivity contribution in [2.45, 2.75) is 30.7 Å². The number of benzene rings is 2. The van der Waals surface area contributed by atoms with Crippen molar-refractivity contribution in [3.05, 3.63) is 65.9 Å². The third-order valence-electron chi connectivity index (χ3n) is 5.68. The Balaban J connectivity index is 1.41. The second-order valence-corrected chi connectivity index (χ2v) is 9.79. The molecule has 0 radical (unpaired) electrons. The standard InChI is InChI=1S/C23H26N4O4S/c1-16-6-8-18(9-7-16)32(30,31)27-13-12-25-23(29)21(27)14-22(28)24-11-10-17-15-26-20-5-3-2-4-19(17)20/h2-9,15,21,26H,10-14H2,1H3,(H,24,28)(H,25,29)/t21-/m0/s1. The van der Waals surface area contributed by atoms with Crippen molar-refractivity contribution in [1.29, 1.82) is 0 Å². The summed E-state index contributed by atoms with van der Waals surface area (Å²) in [6.07, 6.45) is 2.31. The van der Waals surface area contributed by atoms with Crippen LogP contribution < -0.4 is 10.6 Å². The molecule has 1 aliphatic rings. The molecule has 0 aliphatic carbocycles. The van der Waals surface area contributed by atoms with E-state index in [1.807, 2.05) is 37.4 Å². The molecule has 1 aliphatic heterocycles. The molecule has 9 heteroatoms. The minimum Gasteiger partial charge on any atom is -0.361 e. The average molecular weight is 455 g/mol. The molecule has 8 nitrogen and oxygen atoms in total. The number of carbonyl (C=O) groups excluding carboxylic acids is 2. The van der Waals surface area contributed by atoms with Gasteiger partial charge in [-0.3, -0.25) is 9.59 Å². The molecule has 32 heavy (non-hydrogen) atoms. The zero-order valence-corrected chi connectivity index (χ0v) is 18.6. The van der Waals surface area contributed by atoms with Gasteiger partial charge in [0, 0.05) is 36.7 Å². The summed E-state index contributed by atoms with van der Waals surface area (Å²) >= 11 is 0. The monoisotopic (exact) mass is 454 g/mol. The van der Waals surface area contributed by atoms with Crippen LogP contribution >= 0.6 is 0 Å². The quantitative estimate of drug-likeness (QED) is 0.505. The fraction of sp³-hybridized carbons (Fsp3) is 0.304. The number of sulfonamides is 1. The van der Waals surface area contributed by atoms with Crippen LogP contribution in [0.3, 0.4) is 0 Å². The van der Waals surface area contributed by atoms with Gasteiger partial charge in [0.2, 0.25) is 21.8 Å². The maximum atomic E-state index is 13.1. The molecular formula is C23H26N4O4S. The molecule has 3 aromatic rings. The highest BCUT2D eigenvalue weighted by atomic mass is 32.2. The molecule has 2 amide bonds. The molecule has 1 saturated heterocycles. The Kier molecular flexibility index (Phi) is 6.29. The fourth-order valence-corrected chi connectivity index (χ4v) is 5.53. The van der Waals surface area contributed by atoms with Crippen molar-refractivity contribution >= 4 is 32.7 Å². The Labute approximate surface area is 187 Å². The Hall–Kier alpha value is -3.17. The maximum Gasteiger partial charge on any atom is 0.243 e. The number of hydrogen-bond acceptors (Lipinski definition) is 4. The van der Waals surface area contributed by atoms with Crippen LogP contribution in [0.4, 0.5) is 0 Å². The Morgan fingerprint density at radius 3 is 2.69 bits per heavy atom. The number of H-pyrrole nitrogens is 1. The van der Waals surface area contributed by atoms with Gasteiger partial charge < -0.3 is 15.6 Å². The van der Waals surface area contributed by atoms with Gasteiger partial charge in [-0.2, -0.15) is 4.31 Å². The second-order valence-electron chi connectivity index (χ2n) is 7.90. The van der Waals surface area contributed by atoms with Gasteiger partial charge in [-0.1, -0.05) is 35.9 Å². The first-order valence-corrected chi connectivity index (χ1v) is 12.0. The van der Waals surface area contributed by atoms with E-state index in [1.165, 1.54) is 12.1 Å². The summed E-state index contributed by atoms with van der Waals surface area (Å²) in [4.78, 5) is 28.4. The van der Waals surface area contributed by atoms with Crippen LogP contribution in [0.15, 0.2) is 59.6 Å².